The highest BCUT2D eigenvalue weighted by Crippen LogP contribution is 2.16. The van der Waals surface area contributed by atoms with Crippen molar-refractivity contribution >= 4 is 6.01 Å². The van der Waals surface area contributed by atoms with Gasteiger partial charge < -0.3 is 9.73 Å². The average molecular weight is 203 g/mol. The summed E-state index contributed by atoms with van der Waals surface area (Å²) in [5, 5.41) is 2.88. The summed E-state index contributed by atoms with van der Waals surface area (Å²) in [7, 11) is 1.79. The van der Waals surface area contributed by atoms with Crippen molar-refractivity contribution in [3.63, 3.8) is 0 Å². The number of pyridine rings is 1. The zero-order valence-electron chi connectivity index (χ0n) is 8.82. The molecule has 2 aromatic heterocycles. The van der Waals surface area contributed by atoms with Gasteiger partial charge in [0.25, 0.3) is 6.01 Å². The van der Waals surface area contributed by atoms with E-state index in [-0.39, 0.29) is 0 Å². The summed E-state index contributed by atoms with van der Waals surface area (Å²) < 4.78 is 5.40. The molecule has 78 valence electrons. The fourth-order valence-corrected chi connectivity index (χ4v) is 1.39. The Morgan fingerprint density at radius 3 is 2.67 bits per heavy atom. The second-order valence-electron chi connectivity index (χ2n) is 3.30. The smallest absolute Gasteiger partial charge is 0.294 e. The molecule has 1 N–H and O–H groups in total. The van der Waals surface area contributed by atoms with E-state index in [0.717, 1.165) is 17.9 Å². The van der Waals surface area contributed by atoms with Crippen LogP contribution in [0.4, 0.5) is 6.01 Å². The molecule has 0 aromatic carbocycles. The van der Waals surface area contributed by atoms with Crippen molar-refractivity contribution in [2.24, 2.45) is 0 Å². The molecule has 2 rings (SSSR count). The molecule has 15 heavy (non-hydrogen) atoms. The summed E-state index contributed by atoms with van der Waals surface area (Å²) in [6.07, 6.45) is 4.34. The Bertz CT molecular complexity index is 436. The minimum atomic E-state index is 0.566. The maximum atomic E-state index is 5.40. The monoisotopic (exact) mass is 203 g/mol. The molecule has 0 aliphatic rings. The molecule has 0 saturated heterocycles. The lowest BCUT2D eigenvalue weighted by atomic mass is 10.1. The van der Waals surface area contributed by atoms with Gasteiger partial charge in [0.2, 0.25) is 0 Å². The first-order valence-electron chi connectivity index (χ1n) is 4.82. The highest BCUT2D eigenvalue weighted by Gasteiger charge is 2.08. The van der Waals surface area contributed by atoms with Crippen LogP contribution in [0.1, 0.15) is 17.0 Å². The normalized spacial score (nSPS) is 10.3. The quantitative estimate of drug-likeness (QED) is 0.829. The van der Waals surface area contributed by atoms with E-state index in [1.807, 2.05) is 19.1 Å². The van der Waals surface area contributed by atoms with Gasteiger partial charge in [0.05, 0.1) is 5.69 Å². The van der Waals surface area contributed by atoms with Gasteiger partial charge in [0.1, 0.15) is 5.76 Å². The van der Waals surface area contributed by atoms with Crippen LogP contribution in [0.3, 0.4) is 0 Å². The molecule has 0 atom stereocenters. The Balaban J connectivity index is 2.21. The zero-order valence-corrected chi connectivity index (χ0v) is 8.82. The fraction of sp³-hybridized carbons (Fsp3) is 0.273. The number of aryl methyl sites for hydroxylation is 1. The Kier molecular flexibility index (Phi) is 2.67. The topological polar surface area (TPSA) is 51.0 Å². The van der Waals surface area contributed by atoms with E-state index in [0.29, 0.717) is 6.01 Å². The first-order chi connectivity index (χ1) is 7.29. The molecule has 0 fully saturated rings. The minimum absolute atomic E-state index is 0.566. The highest BCUT2D eigenvalue weighted by atomic mass is 16.4. The van der Waals surface area contributed by atoms with E-state index in [1.165, 1.54) is 5.56 Å². The van der Waals surface area contributed by atoms with Crippen LogP contribution in [0.2, 0.25) is 0 Å². The van der Waals surface area contributed by atoms with Crippen LogP contribution in [-0.2, 0) is 6.42 Å². The lowest BCUT2D eigenvalue weighted by Crippen LogP contribution is -1.92. The van der Waals surface area contributed by atoms with Crippen LogP contribution in [0.15, 0.2) is 28.9 Å². The van der Waals surface area contributed by atoms with Crippen LogP contribution in [0.25, 0.3) is 0 Å². The Labute approximate surface area is 88.4 Å². The van der Waals surface area contributed by atoms with Gasteiger partial charge in [-0.2, -0.15) is 4.98 Å². The molecule has 0 spiro atoms. The molecule has 0 saturated carbocycles. The predicted octanol–water partition coefficient (Wildman–Crippen LogP) is 2.01. The van der Waals surface area contributed by atoms with Crippen molar-refractivity contribution in [2.45, 2.75) is 13.3 Å². The van der Waals surface area contributed by atoms with Gasteiger partial charge in [-0.25, -0.2) is 0 Å². The van der Waals surface area contributed by atoms with Gasteiger partial charge in [-0.05, 0) is 24.6 Å². The maximum Gasteiger partial charge on any atom is 0.294 e. The molecule has 0 radical (unpaired) electrons. The van der Waals surface area contributed by atoms with Crippen LogP contribution in [0, 0.1) is 6.92 Å². The fourth-order valence-electron chi connectivity index (χ4n) is 1.39. The van der Waals surface area contributed by atoms with Gasteiger partial charge in [0.15, 0.2) is 0 Å². The summed E-state index contributed by atoms with van der Waals surface area (Å²) in [5.41, 5.74) is 2.15. The number of nitrogens with zero attached hydrogens (tertiary/aromatic N) is 2. The molecule has 0 amide bonds. The van der Waals surface area contributed by atoms with E-state index in [1.54, 1.807) is 19.4 Å². The van der Waals surface area contributed by atoms with E-state index in [2.05, 4.69) is 15.3 Å². The lowest BCUT2D eigenvalue weighted by molar-refractivity contribution is 0.541. The predicted molar refractivity (Wildman–Crippen MR) is 57.8 cm³/mol. The summed E-state index contributed by atoms with van der Waals surface area (Å²) in [6.45, 7) is 1.92. The first kappa shape index (κ1) is 9.71. The van der Waals surface area contributed by atoms with Crippen LogP contribution in [-0.4, -0.2) is 17.0 Å². The molecule has 2 aromatic rings. The van der Waals surface area contributed by atoms with Gasteiger partial charge >= 0.3 is 0 Å². The van der Waals surface area contributed by atoms with Gasteiger partial charge in [0, 0.05) is 25.9 Å². The number of rotatable bonds is 3. The standard InChI is InChI=1S/C11H13N3O/c1-8-10(14-11(12-2)15-8)7-9-3-5-13-6-4-9/h3-6H,7H2,1-2H3,(H,12,14). The van der Waals surface area contributed by atoms with Crippen molar-refractivity contribution in [3.05, 3.63) is 41.5 Å². The number of oxazole rings is 1. The van der Waals surface area contributed by atoms with Crippen LogP contribution >= 0.6 is 0 Å². The van der Waals surface area contributed by atoms with Gasteiger partial charge in [-0.15, -0.1) is 0 Å². The van der Waals surface area contributed by atoms with Crippen molar-refractivity contribution in [1.82, 2.24) is 9.97 Å². The first-order valence-corrected chi connectivity index (χ1v) is 4.82. The summed E-state index contributed by atoms with van der Waals surface area (Å²) in [4.78, 5) is 8.30. The minimum Gasteiger partial charge on any atom is -0.429 e. The Morgan fingerprint density at radius 2 is 2.07 bits per heavy atom. The van der Waals surface area contributed by atoms with Crippen LogP contribution < -0.4 is 5.32 Å². The number of hydrogen-bond acceptors (Lipinski definition) is 4. The zero-order chi connectivity index (χ0) is 10.7. The van der Waals surface area contributed by atoms with Crippen LogP contribution in [0.5, 0.6) is 0 Å². The molecule has 0 aliphatic heterocycles. The number of aromatic nitrogens is 2. The van der Waals surface area contributed by atoms with Crippen molar-refractivity contribution in [2.75, 3.05) is 12.4 Å². The third-order valence-corrected chi connectivity index (χ3v) is 2.23. The van der Waals surface area contributed by atoms with Gasteiger partial charge in [-0.1, -0.05) is 0 Å². The summed E-state index contributed by atoms with van der Waals surface area (Å²) >= 11 is 0. The lowest BCUT2D eigenvalue weighted by Gasteiger charge is -1.96. The number of anilines is 1. The summed E-state index contributed by atoms with van der Waals surface area (Å²) in [5.74, 6) is 0.858. The SMILES string of the molecule is CNc1nc(Cc2ccncc2)c(C)o1. The van der Waals surface area contributed by atoms with E-state index in [9.17, 15) is 0 Å². The Morgan fingerprint density at radius 1 is 1.33 bits per heavy atom. The molecular formula is C11H13N3O. The molecule has 2 heterocycles. The molecule has 4 nitrogen and oxygen atoms in total. The second kappa shape index (κ2) is 4.13. The largest absolute Gasteiger partial charge is 0.429 e. The number of nitrogens with one attached hydrogen (secondary N) is 1. The second-order valence-corrected chi connectivity index (χ2v) is 3.30. The molecule has 0 unspecified atom stereocenters. The van der Waals surface area contributed by atoms with E-state index in [4.69, 9.17) is 4.42 Å². The third kappa shape index (κ3) is 2.15. The molecule has 0 bridgehead atoms. The number of hydrogen-bond donors (Lipinski definition) is 1. The van der Waals surface area contributed by atoms with Crippen molar-refractivity contribution < 1.29 is 4.42 Å². The van der Waals surface area contributed by atoms with Crippen molar-refractivity contribution in [1.29, 1.82) is 0 Å². The average Bonchev–Trinajstić information content (AvgIpc) is 2.61. The third-order valence-electron chi connectivity index (χ3n) is 2.23. The molecular weight excluding hydrogens is 190 g/mol. The Hall–Kier alpha value is -1.84. The van der Waals surface area contributed by atoms with Gasteiger partial charge in [-0.3, -0.25) is 4.98 Å². The summed E-state index contributed by atoms with van der Waals surface area (Å²) in [6, 6.07) is 4.52. The molecule has 0 aliphatic carbocycles. The van der Waals surface area contributed by atoms with Crippen molar-refractivity contribution in [3.8, 4) is 0 Å². The van der Waals surface area contributed by atoms with E-state index >= 15 is 0 Å². The maximum absolute atomic E-state index is 5.40. The van der Waals surface area contributed by atoms with E-state index < -0.39 is 0 Å². The highest BCUT2D eigenvalue weighted by molar-refractivity contribution is 5.28. The molecule has 4 heteroatoms.